The summed E-state index contributed by atoms with van der Waals surface area (Å²) in [7, 11) is 0. The lowest BCUT2D eigenvalue weighted by molar-refractivity contribution is -0.123. The average molecular weight is 422 g/mol. The first-order chi connectivity index (χ1) is 15.0. The maximum atomic E-state index is 12.2. The minimum Gasteiger partial charge on any atom is -0.489 e. The van der Waals surface area contributed by atoms with Gasteiger partial charge in [0.25, 0.3) is 5.91 Å². The van der Waals surface area contributed by atoms with E-state index in [-0.39, 0.29) is 12.1 Å². The molecule has 0 bridgehead atoms. The number of carbonyl (C=O) groups is 3. The molecule has 0 aliphatic carbocycles. The smallest absolute Gasteiger partial charge is 0.338 e. The summed E-state index contributed by atoms with van der Waals surface area (Å²) in [4.78, 5) is 35.7. The zero-order chi connectivity index (χ0) is 22.1. The molecule has 2 N–H and O–H groups in total. The molecule has 0 unspecified atom stereocenters. The van der Waals surface area contributed by atoms with Crippen molar-refractivity contribution in [2.45, 2.75) is 20.1 Å². The highest BCUT2D eigenvalue weighted by Gasteiger charge is 2.13. The molecule has 0 spiro atoms. The van der Waals surface area contributed by atoms with Crippen molar-refractivity contribution < 1.29 is 28.3 Å². The minimum atomic E-state index is -0.753. The van der Waals surface area contributed by atoms with Crippen molar-refractivity contribution >= 4 is 17.9 Å². The van der Waals surface area contributed by atoms with Crippen LogP contribution in [0.4, 0.5) is 4.79 Å². The summed E-state index contributed by atoms with van der Waals surface area (Å²) >= 11 is 0. The third kappa shape index (κ3) is 7.04. The van der Waals surface area contributed by atoms with E-state index >= 15 is 0 Å². The molecule has 8 heteroatoms. The van der Waals surface area contributed by atoms with Crippen LogP contribution in [-0.2, 0) is 22.7 Å². The van der Waals surface area contributed by atoms with Crippen molar-refractivity contribution in [1.29, 1.82) is 0 Å². The molecular formula is C23H22N2O6. The number of urea groups is 1. The molecule has 3 aromatic rings. The molecule has 3 rings (SSSR count). The second-order valence-electron chi connectivity index (χ2n) is 6.69. The number of esters is 1. The van der Waals surface area contributed by atoms with Gasteiger partial charge in [-0.3, -0.25) is 10.1 Å². The van der Waals surface area contributed by atoms with Crippen LogP contribution in [0.25, 0.3) is 0 Å². The maximum Gasteiger partial charge on any atom is 0.338 e. The number of aryl methyl sites for hydroxylation is 1. The van der Waals surface area contributed by atoms with Gasteiger partial charge in [-0.2, -0.15) is 0 Å². The Morgan fingerprint density at radius 1 is 1.00 bits per heavy atom. The van der Waals surface area contributed by atoms with Crippen LogP contribution in [0, 0.1) is 6.92 Å². The molecule has 31 heavy (non-hydrogen) atoms. The summed E-state index contributed by atoms with van der Waals surface area (Å²) in [5, 5.41) is 4.52. The number of nitrogens with one attached hydrogen (secondary N) is 2. The molecule has 0 fully saturated rings. The van der Waals surface area contributed by atoms with Crippen molar-refractivity contribution in [1.82, 2.24) is 10.6 Å². The summed E-state index contributed by atoms with van der Waals surface area (Å²) in [6.07, 6.45) is 1.47. The standard InChI is InChI=1S/C23H22N2O6/c1-16-5-2-6-17(11-16)14-30-19-8-3-7-18(12-19)22(27)31-15-21(26)25-23(28)24-13-20-9-4-10-29-20/h2-12H,13-15H2,1H3,(H2,24,25,26,28). The number of hydrogen-bond donors (Lipinski definition) is 2. The van der Waals surface area contributed by atoms with Crippen LogP contribution in [0.3, 0.4) is 0 Å². The molecule has 8 nitrogen and oxygen atoms in total. The van der Waals surface area contributed by atoms with Gasteiger partial charge in [0.05, 0.1) is 18.4 Å². The van der Waals surface area contributed by atoms with Crippen LogP contribution in [0.5, 0.6) is 5.75 Å². The zero-order valence-electron chi connectivity index (χ0n) is 16.9. The summed E-state index contributed by atoms with van der Waals surface area (Å²) in [6, 6.07) is 17.0. The second kappa shape index (κ2) is 10.6. The zero-order valence-corrected chi connectivity index (χ0v) is 16.9. The van der Waals surface area contributed by atoms with Gasteiger partial charge in [0.15, 0.2) is 6.61 Å². The molecule has 160 valence electrons. The van der Waals surface area contributed by atoms with Crippen LogP contribution in [0.15, 0.2) is 71.3 Å². The molecular weight excluding hydrogens is 400 g/mol. The van der Waals surface area contributed by atoms with E-state index < -0.39 is 24.5 Å². The maximum absolute atomic E-state index is 12.2. The molecule has 0 saturated carbocycles. The van der Waals surface area contributed by atoms with Crippen molar-refractivity contribution in [3.63, 3.8) is 0 Å². The van der Waals surface area contributed by atoms with Crippen molar-refractivity contribution in [2.24, 2.45) is 0 Å². The van der Waals surface area contributed by atoms with Crippen LogP contribution in [-0.4, -0.2) is 24.5 Å². The number of hydrogen-bond acceptors (Lipinski definition) is 6. The van der Waals surface area contributed by atoms with Gasteiger partial charge in [0, 0.05) is 0 Å². The van der Waals surface area contributed by atoms with Crippen molar-refractivity contribution in [3.8, 4) is 5.75 Å². The molecule has 1 aromatic heterocycles. The van der Waals surface area contributed by atoms with E-state index in [2.05, 4.69) is 10.6 Å². The molecule has 1 heterocycles. The van der Waals surface area contributed by atoms with Crippen molar-refractivity contribution in [3.05, 3.63) is 89.4 Å². The highest BCUT2D eigenvalue weighted by atomic mass is 16.5. The summed E-state index contributed by atoms with van der Waals surface area (Å²) in [5.74, 6) is -0.416. The Balaban J connectivity index is 1.43. The number of furan rings is 1. The van der Waals surface area contributed by atoms with Crippen LogP contribution in [0.2, 0.25) is 0 Å². The van der Waals surface area contributed by atoms with E-state index in [0.29, 0.717) is 18.1 Å². The molecule has 2 aromatic carbocycles. The second-order valence-corrected chi connectivity index (χ2v) is 6.69. The molecule has 3 amide bonds. The Hall–Kier alpha value is -4.07. The van der Waals surface area contributed by atoms with Gasteiger partial charge < -0.3 is 19.2 Å². The fourth-order valence-electron chi connectivity index (χ4n) is 2.68. The quantitative estimate of drug-likeness (QED) is 0.539. The molecule has 0 saturated heterocycles. The van der Waals surface area contributed by atoms with E-state index in [9.17, 15) is 14.4 Å². The van der Waals surface area contributed by atoms with Gasteiger partial charge >= 0.3 is 12.0 Å². The Bertz CT molecular complexity index is 1050. The number of carbonyl (C=O) groups excluding carboxylic acids is 3. The summed E-state index contributed by atoms with van der Waals surface area (Å²) in [5.41, 5.74) is 2.37. The lowest BCUT2D eigenvalue weighted by Gasteiger charge is -2.09. The normalized spacial score (nSPS) is 10.2. The minimum absolute atomic E-state index is 0.126. The van der Waals surface area contributed by atoms with Gasteiger partial charge in [-0.1, -0.05) is 35.9 Å². The Morgan fingerprint density at radius 2 is 1.84 bits per heavy atom. The fourth-order valence-corrected chi connectivity index (χ4v) is 2.68. The fraction of sp³-hybridized carbons (Fsp3) is 0.174. The van der Waals surface area contributed by atoms with Crippen LogP contribution >= 0.6 is 0 Å². The highest BCUT2D eigenvalue weighted by Crippen LogP contribution is 2.16. The number of imide groups is 1. The van der Waals surface area contributed by atoms with Gasteiger partial charge in [-0.25, -0.2) is 9.59 Å². The SMILES string of the molecule is Cc1cccc(COc2cccc(C(=O)OCC(=O)NC(=O)NCc3ccco3)c2)c1. The van der Waals surface area contributed by atoms with E-state index in [1.165, 1.54) is 12.3 Å². The topological polar surface area (TPSA) is 107 Å². The monoisotopic (exact) mass is 422 g/mol. The third-order valence-electron chi connectivity index (χ3n) is 4.15. The third-order valence-corrected chi connectivity index (χ3v) is 4.15. The van der Waals surface area contributed by atoms with Crippen LogP contribution < -0.4 is 15.4 Å². The summed E-state index contributed by atoms with van der Waals surface area (Å²) < 4.78 is 15.8. The molecule has 0 aliphatic heterocycles. The predicted octanol–water partition coefficient (Wildman–Crippen LogP) is 3.35. The first-order valence-electron chi connectivity index (χ1n) is 9.55. The van der Waals surface area contributed by atoms with E-state index in [1.54, 1.807) is 30.3 Å². The lowest BCUT2D eigenvalue weighted by Crippen LogP contribution is -2.41. The Morgan fingerprint density at radius 3 is 2.61 bits per heavy atom. The largest absolute Gasteiger partial charge is 0.489 e. The van der Waals surface area contributed by atoms with E-state index in [0.717, 1.165) is 11.1 Å². The lowest BCUT2D eigenvalue weighted by atomic mass is 10.1. The van der Waals surface area contributed by atoms with Crippen molar-refractivity contribution in [2.75, 3.05) is 6.61 Å². The summed E-state index contributed by atoms with van der Waals surface area (Å²) in [6.45, 7) is 1.89. The van der Waals surface area contributed by atoms with Crippen LogP contribution in [0.1, 0.15) is 27.2 Å². The number of ether oxygens (including phenoxy) is 2. The predicted molar refractivity (Wildman–Crippen MR) is 111 cm³/mol. The number of amides is 3. The Kier molecular flexibility index (Phi) is 7.42. The van der Waals surface area contributed by atoms with Gasteiger partial charge in [-0.15, -0.1) is 0 Å². The Labute approximate surface area is 179 Å². The van der Waals surface area contributed by atoms with E-state index in [4.69, 9.17) is 13.9 Å². The first-order valence-corrected chi connectivity index (χ1v) is 9.55. The van der Waals surface area contributed by atoms with Gasteiger partial charge in [0.1, 0.15) is 18.1 Å². The van der Waals surface area contributed by atoms with E-state index in [1.807, 2.05) is 31.2 Å². The first kappa shape index (κ1) is 21.6. The highest BCUT2D eigenvalue weighted by molar-refractivity contribution is 5.97. The molecule has 0 aliphatic rings. The number of benzene rings is 2. The molecule has 0 atom stereocenters. The van der Waals surface area contributed by atoms with Gasteiger partial charge in [-0.05, 0) is 42.8 Å². The number of rotatable bonds is 8. The van der Waals surface area contributed by atoms with Gasteiger partial charge in [0.2, 0.25) is 0 Å². The average Bonchev–Trinajstić information content (AvgIpc) is 3.29. The molecule has 0 radical (unpaired) electrons.